The third-order valence-electron chi connectivity index (χ3n) is 6.42. The highest BCUT2D eigenvalue weighted by Gasteiger charge is 2.28. The molecule has 0 atom stereocenters. The molecule has 7 heteroatoms. The predicted octanol–water partition coefficient (Wildman–Crippen LogP) is 2.15. The molecule has 2 aromatic rings. The fourth-order valence-corrected chi connectivity index (χ4v) is 4.51. The third-order valence-corrected chi connectivity index (χ3v) is 6.42. The van der Waals surface area contributed by atoms with Crippen molar-refractivity contribution in [2.45, 2.75) is 19.4 Å². The van der Waals surface area contributed by atoms with Gasteiger partial charge >= 0.3 is 0 Å². The van der Waals surface area contributed by atoms with Gasteiger partial charge in [0.25, 0.3) is 5.91 Å². The van der Waals surface area contributed by atoms with Crippen LogP contribution in [0, 0.1) is 0 Å². The molecule has 2 aliphatic rings. The summed E-state index contributed by atoms with van der Waals surface area (Å²) >= 11 is 0. The maximum absolute atomic E-state index is 12.9. The topological polar surface area (TPSA) is 65.1 Å². The minimum atomic E-state index is -0.149. The molecule has 1 N–H and O–H groups in total. The van der Waals surface area contributed by atoms with Crippen molar-refractivity contribution in [3.05, 3.63) is 59.2 Å². The normalized spacial score (nSPS) is 16.4. The van der Waals surface area contributed by atoms with Crippen LogP contribution in [0.2, 0.25) is 0 Å². The van der Waals surface area contributed by atoms with Gasteiger partial charge in [0.05, 0.1) is 7.11 Å². The average molecular weight is 437 g/mol. The van der Waals surface area contributed by atoms with Gasteiger partial charge in [-0.05, 0) is 37.7 Å². The van der Waals surface area contributed by atoms with E-state index in [1.165, 1.54) is 16.8 Å². The van der Waals surface area contributed by atoms with Crippen LogP contribution in [0.3, 0.4) is 0 Å². The van der Waals surface area contributed by atoms with Crippen LogP contribution in [0.15, 0.2) is 42.5 Å². The van der Waals surface area contributed by atoms with Crippen molar-refractivity contribution in [3.63, 3.8) is 0 Å². The van der Waals surface area contributed by atoms with E-state index in [0.717, 1.165) is 38.3 Å². The van der Waals surface area contributed by atoms with Crippen molar-refractivity contribution < 1.29 is 14.3 Å². The van der Waals surface area contributed by atoms with Crippen LogP contribution in [0.1, 0.15) is 27.9 Å². The summed E-state index contributed by atoms with van der Waals surface area (Å²) in [4.78, 5) is 31.8. The van der Waals surface area contributed by atoms with Gasteiger partial charge in [-0.15, -0.1) is 0 Å². The number of amides is 2. The number of piperazine rings is 1. The van der Waals surface area contributed by atoms with E-state index in [0.29, 0.717) is 31.6 Å². The van der Waals surface area contributed by atoms with E-state index in [2.05, 4.69) is 34.3 Å². The molecule has 4 rings (SSSR count). The number of rotatable bonds is 6. The van der Waals surface area contributed by atoms with Gasteiger partial charge in [-0.1, -0.05) is 18.2 Å². The molecule has 2 aromatic carbocycles. The van der Waals surface area contributed by atoms with Crippen molar-refractivity contribution in [3.8, 4) is 5.75 Å². The number of methoxy groups -OCH3 is 1. The lowest BCUT2D eigenvalue weighted by molar-refractivity contribution is -0.131. The Labute approximate surface area is 189 Å². The van der Waals surface area contributed by atoms with Crippen LogP contribution >= 0.6 is 0 Å². The molecule has 0 radical (unpaired) electrons. The highest BCUT2D eigenvalue weighted by Crippen LogP contribution is 2.36. The summed E-state index contributed by atoms with van der Waals surface area (Å²) in [5.41, 5.74) is 4.23. The highest BCUT2D eigenvalue weighted by molar-refractivity contribution is 5.94. The van der Waals surface area contributed by atoms with Gasteiger partial charge in [0, 0.05) is 74.6 Å². The number of fused-ring (bicyclic) bond motifs is 1. The molecule has 0 aliphatic carbocycles. The van der Waals surface area contributed by atoms with E-state index in [1.807, 2.05) is 23.1 Å². The van der Waals surface area contributed by atoms with Crippen LogP contribution in [-0.2, 0) is 17.8 Å². The van der Waals surface area contributed by atoms with Crippen LogP contribution in [0.5, 0.6) is 5.75 Å². The molecule has 0 unspecified atom stereocenters. The van der Waals surface area contributed by atoms with Crippen LogP contribution < -0.4 is 15.0 Å². The molecular weight excluding hydrogens is 404 g/mol. The Bertz CT molecular complexity index is 955. The number of ether oxygens (including phenoxy) is 1. The zero-order valence-corrected chi connectivity index (χ0v) is 19.0. The van der Waals surface area contributed by atoms with E-state index >= 15 is 0 Å². The highest BCUT2D eigenvalue weighted by atomic mass is 16.5. The Morgan fingerprint density at radius 1 is 0.969 bits per heavy atom. The van der Waals surface area contributed by atoms with Crippen LogP contribution in [0.4, 0.5) is 5.69 Å². The second-order valence-electron chi connectivity index (χ2n) is 8.47. The Kier molecular flexibility index (Phi) is 6.95. The lowest BCUT2D eigenvalue weighted by Gasteiger charge is -2.38. The standard InChI is InChI=1S/C25H32N4O3/c1-27-14-16-28(17-15-27)22-8-9-23(32-2)20-11-13-29(18-21(20)22)24(30)10-12-26-25(31)19-6-4-3-5-7-19/h3-9H,10-18H2,1-2H3,(H,26,31). The van der Waals surface area contributed by atoms with Crippen molar-refractivity contribution in [1.82, 2.24) is 15.1 Å². The Morgan fingerprint density at radius 3 is 2.44 bits per heavy atom. The zero-order chi connectivity index (χ0) is 22.5. The largest absolute Gasteiger partial charge is 0.496 e. The van der Waals surface area contributed by atoms with Gasteiger partial charge in [-0.2, -0.15) is 0 Å². The molecule has 0 aromatic heterocycles. The molecular formula is C25H32N4O3. The summed E-state index contributed by atoms with van der Waals surface area (Å²) in [5.74, 6) is 0.820. The first-order valence-corrected chi connectivity index (χ1v) is 11.3. The van der Waals surface area contributed by atoms with Crippen molar-refractivity contribution in [2.24, 2.45) is 0 Å². The number of nitrogens with zero attached hydrogens (tertiary/aromatic N) is 3. The van der Waals surface area contributed by atoms with E-state index in [-0.39, 0.29) is 11.8 Å². The molecule has 0 spiro atoms. The second-order valence-corrected chi connectivity index (χ2v) is 8.47. The SMILES string of the molecule is COc1ccc(N2CCN(C)CC2)c2c1CCN(C(=O)CCNC(=O)c1ccccc1)C2. The number of carbonyl (C=O) groups excluding carboxylic acids is 2. The maximum atomic E-state index is 12.9. The van der Waals surface area contributed by atoms with Crippen molar-refractivity contribution >= 4 is 17.5 Å². The first-order chi connectivity index (χ1) is 15.6. The van der Waals surface area contributed by atoms with Gasteiger partial charge in [0.15, 0.2) is 0 Å². The molecule has 0 bridgehead atoms. The molecule has 1 fully saturated rings. The lowest BCUT2D eigenvalue weighted by Crippen LogP contribution is -2.45. The summed E-state index contributed by atoms with van der Waals surface area (Å²) in [5, 5.41) is 2.85. The minimum Gasteiger partial charge on any atom is -0.496 e. The van der Waals surface area contributed by atoms with Gasteiger partial charge in [-0.3, -0.25) is 9.59 Å². The fourth-order valence-electron chi connectivity index (χ4n) is 4.51. The van der Waals surface area contributed by atoms with E-state index in [9.17, 15) is 9.59 Å². The number of nitrogens with one attached hydrogen (secondary N) is 1. The van der Waals surface area contributed by atoms with Crippen LogP contribution in [0.25, 0.3) is 0 Å². The minimum absolute atomic E-state index is 0.0659. The number of carbonyl (C=O) groups is 2. The second kappa shape index (κ2) is 10.0. The Balaban J connectivity index is 1.41. The molecule has 0 saturated carbocycles. The maximum Gasteiger partial charge on any atom is 0.251 e. The van der Waals surface area contributed by atoms with E-state index in [1.54, 1.807) is 19.2 Å². The number of benzene rings is 2. The molecule has 7 nitrogen and oxygen atoms in total. The molecule has 170 valence electrons. The predicted molar refractivity (Wildman–Crippen MR) is 125 cm³/mol. The molecule has 2 aliphatic heterocycles. The van der Waals surface area contributed by atoms with Crippen LogP contribution in [-0.4, -0.2) is 75.0 Å². The van der Waals surface area contributed by atoms with Gasteiger partial charge in [-0.25, -0.2) is 0 Å². The van der Waals surface area contributed by atoms with Crippen molar-refractivity contribution in [2.75, 3.05) is 58.3 Å². The van der Waals surface area contributed by atoms with Gasteiger partial charge < -0.3 is 24.8 Å². The smallest absolute Gasteiger partial charge is 0.251 e. The summed E-state index contributed by atoms with van der Waals surface area (Å²) in [6.07, 6.45) is 1.07. The Morgan fingerprint density at radius 2 is 1.72 bits per heavy atom. The third kappa shape index (κ3) is 4.88. The van der Waals surface area contributed by atoms with Crippen molar-refractivity contribution in [1.29, 1.82) is 0 Å². The summed E-state index contributed by atoms with van der Waals surface area (Å²) in [6, 6.07) is 13.3. The number of likely N-dealkylation sites (N-methyl/N-ethyl adjacent to an activating group) is 1. The summed E-state index contributed by atoms with van der Waals surface area (Å²) in [7, 11) is 3.86. The average Bonchev–Trinajstić information content (AvgIpc) is 2.84. The quantitative estimate of drug-likeness (QED) is 0.752. The van der Waals surface area contributed by atoms with Gasteiger partial charge in [0.1, 0.15) is 5.75 Å². The molecule has 2 amide bonds. The first kappa shape index (κ1) is 22.1. The summed E-state index contributed by atoms with van der Waals surface area (Å²) < 4.78 is 5.62. The number of anilines is 1. The number of hydrogen-bond donors (Lipinski definition) is 1. The monoisotopic (exact) mass is 436 g/mol. The summed E-state index contributed by atoms with van der Waals surface area (Å²) in [6.45, 7) is 5.61. The number of hydrogen-bond acceptors (Lipinski definition) is 5. The first-order valence-electron chi connectivity index (χ1n) is 11.3. The fraction of sp³-hybridized carbons (Fsp3) is 0.440. The van der Waals surface area contributed by atoms with Gasteiger partial charge in [0.2, 0.25) is 5.91 Å². The Hall–Kier alpha value is -3.06. The molecule has 1 saturated heterocycles. The molecule has 32 heavy (non-hydrogen) atoms. The zero-order valence-electron chi connectivity index (χ0n) is 19.0. The van der Waals surface area contributed by atoms with E-state index < -0.39 is 0 Å². The van der Waals surface area contributed by atoms with E-state index in [4.69, 9.17) is 4.74 Å². The lowest BCUT2D eigenvalue weighted by atomic mass is 9.95. The molecule has 2 heterocycles.